The standard InChI is InChI=1S/C23H31ClIN3O5Si/c1-22(2,3)33-21(31)28-13-15(12-23(28,19(29)30)9-10-34(4,5)6)32-18-16-11-14(25)7-8-17(16)26-20(24)27-18/h7-8,11,15H,9-10,12-13H2,1-6H3,(H,29,30)/t15-,23+/m0/s1. The summed E-state index contributed by atoms with van der Waals surface area (Å²) in [7, 11) is -1.60. The molecule has 1 aliphatic rings. The van der Waals surface area contributed by atoms with Gasteiger partial charge in [-0.25, -0.2) is 14.6 Å². The van der Waals surface area contributed by atoms with Gasteiger partial charge in [-0.05, 0) is 79.6 Å². The Kier molecular flexibility index (Phi) is 7.74. The van der Waals surface area contributed by atoms with E-state index in [1.807, 2.05) is 18.2 Å². The van der Waals surface area contributed by atoms with E-state index in [1.54, 1.807) is 20.8 Å². The van der Waals surface area contributed by atoms with Crippen LogP contribution in [0.5, 0.6) is 5.88 Å². The quantitative estimate of drug-likeness (QED) is 0.247. The molecule has 0 saturated carbocycles. The number of likely N-dealkylation sites (tertiary alicyclic amines) is 1. The minimum atomic E-state index is -1.60. The highest BCUT2D eigenvalue weighted by Gasteiger charge is 2.55. The summed E-state index contributed by atoms with van der Waals surface area (Å²) in [6, 6.07) is 6.36. The van der Waals surface area contributed by atoms with Gasteiger partial charge in [-0.3, -0.25) is 4.90 Å². The number of amides is 1. The van der Waals surface area contributed by atoms with Gasteiger partial charge in [0.15, 0.2) is 0 Å². The minimum Gasteiger partial charge on any atom is -0.479 e. The molecule has 1 saturated heterocycles. The third kappa shape index (κ3) is 6.31. The van der Waals surface area contributed by atoms with Gasteiger partial charge in [-0.1, -0.05) is 25.7 Å². The van der Waals surface area contributed by atoms with E-state index in [0.717, 1.165) is 9.61 Å². The van der Waals surface area contributed by atoms with Crippen LogP contribution >= 0.6 is 34.2 Å². The van der Waals surface area contributed by atoms with Crippen molar-refractivity contribution < 1.29 is 24.2 Å². The number of aliphatic carboxylic acids is 1. The van der Waals surface area contributed by atoms with Crippen molar-refractivity contribution in [2.45, 2.75) is 76.5 Å². The van der Waals surface area contributed by atoms with Gasteiger partial charge in [-0.2, -0.15) is 4.98 Å². The van der Waals surface area contributed by atoms with E-state index in [9.17, 15) is 14.7 Å². The van der Waals surface area contributed by atoms with Crippen LogP contribution in [0.1, 0.15) is 33.6 Å². The number of rotatable bonds is 6. The van der Waals surface area contributed by atoms with Crippen LogP contribution in [0, 0.1) is 3.57 Å². The van der Waals surface area contributed by atoms with Crippen LogP contribution in [-0.4, -0.2) is 63.9 Å². The molecule has 1 N–H and O–H groups in total. The van der Waals surface area contributed by atoms with Crippen molar-refractivity contribution in [2.75, 3.05) is 6.54 Å². The van der Waals surface area contributed by atoms with Crippen molar-refractivity contribution in [3.63, 3.8) is 0 Å². The molecule has 11 heteroatoms. The van der Waals surface area contributed by atoms with Gasteiger partial charge in [0.2, 0.25) is 11.2 Å². The Bertz CT molecular complexity index is 1100. The number of hydrogen-bond donors (Lipinski definition) is 1. The fourth-order valence-electron chi connectivity index (χ4n) is 4.00. The molecular weight excluding hydrogens is 589 g/mol. The second kappa shape index (κ2) is 9.77. The first-order valence-corrected chi connectivity index (χ1v) is 16.3. The van der Waals surface area contributed by atoms with Gasteiger partial charge in [0, 0.05) is 18.1 Å². The molecule has 1 amide bonds. The number of ether oxygens (including phenoxy) is 2. The van der Waals surface area contributed by atoms with E-state index >= 15 is 0 Å². The summed E-state index contributed by atoms with van der Waals surface area (Å²) in [6.07, 6.45) is -0.798. The zero-order valence-electron chi connectivity index (χ0n) is 20.3. The van der Waals surface area contributed by atoms with Crippen molar-refractivity contribution in [3.05, 3.63) is 27.1 Å². The predicted molar refractivity (Wildman–Crippen MR) is 142 cm³/mol. The predicted octanol–water partition coefficient (Wildman–Crippen LogP) is 5.83. The summed E-state index contributed by atoms with van der Waals surface area (Å²) in [5, 5.41) is 11.1. The molecule has 0 aliphatic carbocycles. The largest absolute Gasteiger partial charge is 0.479 e. The molecule has 0 spiro atoms. The zero-order chi connectivity index (χ0) is 25.5. The van der Waals surface area contributed by atoms with E-state index in [-0.39, 0.29) is 24.1 Å². The second-order valence-corrected chi connectivity index (χ2v) is 18.1. The monoisotopic (exact) mass is 619 g/mol. The summed E-state index contributed by atoms with van der Waals surface area (Å²) < 4.78 is 12.8. The average molecular weight is 620 g/mol. The summed E-state index contributed by atoms with van der Waals surface area (Å²) in [5.74, 6) is -0.781. The van der Waals surface area contributed by atoms with Crippen LogP contribution in [0.2, 0.25) is 31.0 Å². The number of carboxylic acid groups (broad SMARTS) is 1. The fraction of sp³-hybridized carbons (Fsp3) is 0.565. The maximum absolute atomic E-state index is 13.2. The molecule has 1 fully saturated rings. The topological polar surface area (TPSA) is 102 Å². The molecule has 0 bridgehead atoms. The Morgan fingerprint density at radius 2 is 1.97 bits per heavy atom. The van der Waals surface area contributed by atoms with Gasteiger partial charge >= 0.3 is 12.1 Å². The van der Waals surface area contributed by atoms with Crippen LogP contribution in [0.4, 0.5) is 4.79 Å². The number of carboxylic acids is 1. The van der Waals surface area contributed by atoms with Gasteiger partial charge < -0.3 is 14.6 Å². The van der Waals surface area contributed by atoms with Gasteiger partial charge in [0.05, 0.1) is 17.4 Å². The first kappa shape index (κ1) is 26.9. The summed E-state index contributed by atoms with van der Waals surface area (Å²) in [6.45, 7) is 11.9. The number of carbonyl (C=O) groups excluding carboxylic acids is 1. The Morgan fingerprint density at radius 1 is 1.29 bits per heavy atom. The molecule has 8 nitrogen and oxygen atoms in total. The molecule has 1 aromatic carbocycles. The lowest BCUT2D eigenvalue weighted by molar-refractivity contribution is -0.149. The smallest absolute Gasteiger partial charge is 0.411 e. The van der Waals surface area contributed by atoms with Crippen LogP contribution < -0.4 is 4.74 Å². The Labute approximate surface area is 219 Å². The molecule has 1 aromatic heterocycles. The Balaban J connectivity index is 1.99. The van der Waals surface area contributed by atoms with E-state index in [2.05, 4.69) is 52.2 Å². The maximum atomic E-state index is 13.2. The first-order valence-electron chi connectivity index (χ1n) is 11.1. The molecule has 34 heavy (non-hydrogen) atoms. The maximum Gasteiger partial charge on any atom is 0.411 e. The van der Waals surface area contributed by atoms with Crippen molar-refractivity contribution in [3.8, 4) is 5.88 Å². The van der Waals surface area contributed by atoms with Crippen LogP contribution in [0.25, 0.3) is 10.9 Å². The third-order valence-corrected chi connectivity index (χ3v) is 8.23. The normalized spacial score (nSPS) is 21.1. The van der Waals surface area contributed by atoms with E-state index in [1.165, 1.54) is 4.90 Å². The van der Waals surface area contributed by atoms with E-state index in [0.29, 0.717) is 17.3 Å². The second-order valence-electron chi connectivity index (χ2n) is 10.9. The van der Waals surface area contributed by atoms with Crippen molar-refractivity contribution in [1.82, 2.24) is 14.9 Å². The Hall–Kier alpha value is -1.66. The summed E-state index contributed by atoms with van der Waals surface area (Å²) in [4.78, 5) is 35.7. The third-order valence-electron chi connectivity index (χ3n) is 5.64. The highest BCUT2D eigenvalue weighted by Crippen LogP contribution is 2.39. The average Bonchev–Trinajstić information content (AvgIpc) is 3.05. The molecular formula is C23H31ClIN3O5Si. The van der Waals surface area contributed by atoms with Gasteiger partial charge in [0.1, 0.15) is 17.2 Å². The van der Waals surface area contributed by atoms with Crippen molar-refractivity contribution >= 4 is 65.2 Å². The van der Waals surface area contributed by atoms with Crippen molar-refractivity contribution in [1.29, 1.82) is 0 Å². The van der Waals surface area contributed by atoms with Crippen molar-refractivity contribution in [2.24, 2.45) is 0 Å². The molecule has 1 aliphatic heterocycles. The Morgan fingerprint density at radius 3 is 2.56 bits per heavy atom. The van der Waals surface area contributed by atoms with Crippen LogP contribution in [0.3, 0.4) is 0 Å². The number of hydrogen-bond acceptors (Lipinski definition) is 6. The zero-order valence-corrected chi connectivity index (χ0v) is 24.2. The number of halogens is 2. The fourth-order valence-corrected chi connectivity index (χ4v) is 5.82. The van der Waals surface area contributed by atoms with Crippen LogP contribution in [-0.2, 0) is 9.53 Å². The van der Waals surface area contributed by atoms with Gasteiger partial charge in [-0.15, -0.1) is 0 Å². The molecule has 3 rings (SSSR count). The molecule has 2 aromatic rings. The lowest BCUT2D eigenvalue weighted by atomic mass is 9.92. The van der Waals surface area contributed by atoms with E-state index < -0.39 is 37.4 Å². The summed E-state index contributed by atoms with van der Waals surface area (Å²) in [5.41, 5.74) is -1.55. The number of carbonyl (C=O) groups is 2. The first-order chi connectivity index (χ1) is 15.6. The number of fused-ring (bicyclic) bond motifs is 1. The highest BCUT2D eigenvalue weighted by molar-refractivity contribution is 14.1. The molecule has 0 unspecified atom stereocenters. The molecule has 0 radical (unpaired) electrons. The lowest BCUT2D eigenvalue weighted by Crippen LogP contribution is -2.54. The summed E-state index contributed by atoms with van der Waals surface area (Å²) >= 11 is 8.32. The minimum absolute atomic E-state index is 0.0360. The lowest BCUT2D eigenvalue weighted by Gasteiger charge is -2.36. The molecule has 2 heterocycles. The number of aromatic nitrogens is 2. The van der Waals surface area contributed by atoms with E-state index in [4.69, 9.17) is 21.1 Å². The van der Waals surface area contributed by atoms with Gasteiger partial charge in [0.25, 0.3) is 0 Å². The number of benzene rings is 1. The highest BCUT2D eigenvalue weighted by atomic mass is 127. The van der Waals surface area contributed by atoms with Crippen LogP contribution in [0.15, 0.2) is 18.2 Å². The SMILES string of the molecule is CC(C)(C)OC(=O)N1C[C@@H](Oc2nc(Cl)nc3ccc(I)cc23)C[C@]1(CC[Si](C)(C)C)C(=O)O. The number of nitrogens with zero attached hydrogens (tertiary/aromatic N) is 3. The molecule has 2 atom stereocenters. The molecule has 186 valence electrons.